The molecular weight excluding hydrogens is 705 g/mol. The van der Waals surface area contributed by atoms with Crippen molar-refractivity contribution in [2.45, 2.75) is 213 Å². The Balaban J connectivity index is 1.44. The molecule has 0 atom stereocenters. The van der Waals surface area contributed by atoms with Crippen molar-refractivity contribution in [3.63, 3.8) is 0 Å². The number of hydrogen-bond donors (Lipinski definition) is 2. The van der Waals surface area contributed by atoms with Crippen LogP contribution in [0.5, 0.6) is 23.0 Å². The molecule has 0 saturated carbocycles. The van der Waals surface area contributed by atoms with E-state index in [9.17, 15) is 10.2 Å². The first-order valence-corrected chi connectivity index (χ1v) is 24.0. The molecule has 2 aromatic carbocycles. The molecule has 0 heterocycles. The maximum Gasteiger partial charge on any atom is 0.128 e. The number of benzene rings is 2. The number of phenols is 2. The number of aliphatic imine (C=N–C) groups is 2. The van der Waals surface area contributed by atoms with E-state index in [0.29, 0.717) is 48.9 Å². The van der Waals surface area contributed by atoms with Gasteiger partial charge in [-0.3, -0.25) is 9.98 Å². The highest BCUT2D eigenvalue weighted by Crippen LogP contribution is 2.24. The summed E-state index contributed by atoms with van der Waals surface area (Å²) in [6, 6.07) is 10.9. The van der Waals surface area contributed by atoms with Crippen molar-refractivity contribution in [3.05, 3.63) is 47.5 Å². The fourth-order valence-corrected chi connectivity index (χ4v) is 7.35. The lowest BCUT2D eigenvalue weighted by Crippen LogP contribution is -1.98. The molecule has 0 aliphatic carbocycles. The summed E-state index contributed by atoms with van der Waals surface area (Å²) in [5.74, 6) is 1.77. The number of phenolic OH excluding ortho intramolecular Hbond substituents is 2. The Morgan fingerprint density at radius 3 is 0.947 bits per heavy atom. The van der Waals surface area contributed by atoms with E-state index in [2.05, 4.69) is 23.8 Å². The van der Waals surface area contributed by atoms with Crippen LogP contribution in [0.3, 0.4) is 0 Å². The van der Waals surface area contributed by atoms with Crippen LogP contribution in [-0.4, -0.2) is 48.9 Å². The molecule has 0 spiro atoms. The third-order valence-electron chi connectivity index (χ3n) is 11.1. The molecular formula is C51H86N2O4. The second-order valence-corrected chi connectivity index (χ2v) is 16.5. The van der Waals surface area contributed by atoms with Crippen LogP contribution in [0.25, 0.3) is 0 Å². The molecule has 0 aromatic heterocycles. The van der Waals surface area contributed by atoms with E-state index in [1.165, 1.54) is 180 Å². The molecule has 2 aromatic rings. The quantitative estimate of drug-likeness (QED) is 0.0520. The lowest BCUT2D eigenvalue weighted by atomic mass is 10.0. The van der Waals surface area contributed by atoms with Gasteiger partial charge in [0.2, 0.25) is 0 Å². The summed E-state index contributed by atoms with van der Waals surface area (Å²) in [5, 5.41) is 20.9. The minimum atomic E-state index is 0.184. The van der Waals surface area contributed by atoms with E-state index in [1.807, 2.05) is 24.3 Å². The topological polar surface area (TPSA) is 83.6 Å². The lowest BCUT2D eigenvalue weighted by Gasteiger charge is -2.08. The van der Waals surface area contributed by atoms with E-state index >= 15 is 0 Å². The maximum atomic E-state index is 10.5. The highest BCUT2D eigenvalue weighted by molar-refractivity contribution is 5.84. The van der Waals surface area contributed by atoms with Crippen LogP contribution in [-0.2, 0) is 0 Å². The highest BCUT2D eigenvalue weighted by atomic mass is 16.5. The monoisotopic (exact) mass is 791 g/mol. The van der Waals surface area contributed by atoms with Gasteiger partial charge >= 0.3 is 0 Å². The predicted molar refractivity (Wildman–Crippen MR) is 247 cm³/mol. The third kappa shape index (κ3) is 28.9. The molecule has 2 N–H and O–H groups in total. The zero-order valence-corrected chi connectivity index (χ0v) is 37.0. The number of unbranched alkanes of at least 4 members (excludes halogenated alkanes) is 28. The van der Waals surface area contributed by atoms with Gasteiger partial charge in [-0.2, -0.15) is 0 Å². The average molecular weight is 791 g/mol. The van der Waals surface area contributed by atoms with Gasteiger partial charge in [0.05, 0.1) is 13.2 Å². The van der Waals surface area contributed by atoms with Crippen molar-refractivity contribution in [2.75, 3.05) is 26.3 Å². The molecule has 0 aliphatic rings. The molecule has 324 valence electrons. The van der Waals surface area contributed by atoms with Crippen molar-refractivity contribution in [1.29, 1.82) is 0 Å². The molecule has 2 rings (SSSR count). The molecule has 0 radical (unpaired) electrons. The summed E-state index contributed by atoms with van der Waals surface area (Å²) in [5.41, 5.74) is 1.37. The van der Waals surface area contributed by atoms with Gasteiger partial charge in [0, 0.05) is 48.8 Å². The fourth-order valence-electron chi connectivity index (χ4n) is 7.35. The Bertz CT molecular complexity index is 1170. The summed E-state index contributed by atoms with van der Waals surface area (Å²) in [7, 11) is 0. The van der Waals surface area contributed by atoms with Crippen molar-refractivity contribution in [2.24, 2.45) is 9.98 Å². The lowest BCUT2D eigenvalue weighted by molar-refractivity contribution is 0.302. The standard InChI is InChI=1S/C51H86N2O4/c1-3-5-7-9-11-13-15-17-19-21-23-25-27-29-31-40-56-48-36-34-46(50(54)42-48)44-52-38-33-39-53-45-47-35-37-49(43-51(47)55)57-41-32-30-28-26-24-22-20-18-16-14-12-10-8-6-4-2/h34-37,42-45,54-55H,3-33,38-41H2,1-2H3. The molecule has 6 nitrogen and oxygen atoms in total. The van der Waals surface area contributed by atoms with E-state index < -0.39 is 0 Å². The minimum absolute atomic E-state index is 0.184. The number of ether oxygens (including phenoxy) is 2. The molecule has 0 fully saturated rings. The van der Waals surface area contributed by atoms with E-state index in [1.54, 1.807) is 24.6 Å². The summed E-state index contributed by atoms with van der Waals surface area (Å²) >= 11 is 0. The van der Waals surface area contributed by atoms with E-state index in [0.717, 1.165) is 19.3 Å². The zero-order chi connectivity index (χ0) is 40.7. The SMILES string of the molecule is CCCCCCCCCCCCCCCCCOc1ccc(C=NCCCN=Cc2ccc(OCCCCCCCCCCCCCCCCC)cc2O)c(O)c1. The summed E-state index contributed by atoms with van der Waals surface area (Å²) in [4.78, 5) is 8.94. The number of hydrogen-bond acceptors (Lipinski definition) is 6. The van der Waals surface area contributed by atoms with Crippen LogP contribution < -0.4 is 9.47 Å². The Kier molecular flexibility index (Phi) is 32.8. The van der Waals surface area contributed by atoms with E-state index in [-0.39, 0.29) is 11.5 Å². The van der Waals surface area contributed by atoms with Crippen LogP contribution in [0.4, 0.5) is 0 Å². The first-order valence-electron chi connectivity index (χ1n) is 24.0. The van der Waals surface area contributed by atoms with Gasteiger partial charge in [-0.15, -0.1) is 0 Å². The van der Waals surface area contributed by atoms with Crippen LogP contribution in [0.2, 0.25) is 0 Å². The zero-order valence-electron chi connectivity index (χ0n) is 37.0. The van der Waals surface area contributed by atoms with Gasteiger partial charge in [0.1, 0.15) is 23.0 Å². The number of rotatable bonds is 40. The van der Waals surface area contributed by atoms with Crippen LogP contribution >= 0.6 is 0 Å². The Morgan fingerprint density at radius 1 is 0.386 bits per heavy atom. The van der Waals surface area contributed by atoms with Crippen molar-refractivity contribution in [1.82, 2.24) is 0 Å². The molecule has 6 heteroatoms. The van der Waals surface area contributed by atoms with E-state index in [4.69, 9.17) is 9.47 Å². The Labute approximate surface area is 350 Å². The molecule has 0 aliphatic heterocycles. The Hall–Kier alpha value is -3.02. The average Bonchev–Trinajstić information content (AvgIpc) is 3.21. The van der Waals surface area contributed by atoms with Crippen molar-refractivity contribution in [3.8, 4) is 23.0 Å². The number of aromatic hydroxyl groups is 2. The van der Waals surface area contributed by atoms with Gasteiger partial charge in [-0.25, -0.2) is 0 Å². The smallest absolute Gasteiger partial charge is 0.128 e. The van der Waals surface area contributed by atoms with Crippen LogP contribution in [0.15, 0.2) is 46.4 Å². The minimum Gasteiger partial charge on any atom is -0.507 e. The maximum absolute atomic E-state index is 10.5. The Morgan fingerprint density at radius 2 is 0.667 bits per heavy atom. The second-order valence-electron chi connectivity index (χ2n) is 16.5. The predicted octanol–water partition coefficient (Wildman–Crippen LogP) is 15.5. The molecule has 0 amide bonds. The number of nitrogens with zero attached hydrogens (tertiary/aromatic N) is 2. The molecule has 0 unspecified atom stereocenters. The molecule has 0 bridgehead atoms. The summed E-state index contributed by atoms with van der Waals surface area (Å²) < 4.78 is 11.8. The summed E-state index contributed by atoms with van der Waals surface area (Å²) in [6.07, 6.45) is 44.7. The first-order chi connectivity index (χ1) is 28.1. The van der Waals surface area contributed by atoms with Crippen LogP contribution in [0, 0.1) is 0 Å². The van der Waals surface area contributed by atoms with Gasteiger partial charge in [0.25, 0.3) is 0 Å². The van der Waals surface area contributed by atoms with Crippen molar-refractivity contribution < 1.29 is 19.7 Å². The van der Waals surface area contributed by atoms with Gasteiger partial charge in [0.15, 0.2) is 0 Å². The van der Waals surface area contributed by atoms with Gasteiger partial charge < -0.3 is 19.7 Å². The fraction of sp³-hybridized carbons (Fsp3) is 0.725. The highest BCUT2D eigenvalue weighted by Gasteiger charge is 2.04. The molecule has 0 saturated heterocycles. The van der Waals surface area contributed by atoms with Gasteiger partial charge in [-0.05, 0) is 43.5 Å². The third-order valence-corrected chi connectivity index (χ3v) is 11.1. The normalized spacial score (nSPS) is 11.7. The van der Waals surface area contributed by atoms with Crippen molar-refractivity contribution >= 4 is 12.4 Å². The summed E-state index contributed by atoms with van der Waals surface area (Å²) in [6.45, 7) is 7.14. The first kappa shape index (κ1) is 50.1. The molecule has 57 heavy (non-hydrogen) atoms. The largest absolute Gasteiger partial charge is 0.507 e. The van der Waals surface area contributed by atoms with Gasteiger partial charge in [-0.1, -0.05) is 194 Å². The van der Waals surface area contributed by atoms with Crippen LogP contribution in [0.1, 0.15) is 224 Å². The second kappa shape index (κ2) is 37.3.